The number of carbonyl (C=O) groups excluding carboxylic acids is 1. The van der Waals surface area contributed by atoms with Gasteiger partial charge in [-0.1, -0.05) is 43.7 Å². The third kappa shape index (κ3) is 4.61. The molecule has 0 spiro atoms. The molecule has 0 aliphatic heterocycles. The molecule has 1 amide bonds. The highest BCUT2D eigenvalue weighted by Crippen LogP contribution is 2.26. The van der Waals surface area contributed by atoms with Gasteiger partial charge in [-0.15, -0.1) is 0 Å². The summed E-state index contributed by atoms with van der Waals surface area (Å²) in [4.78, 5) is 22.6. The summed E-state index contributed by atoms with van der Waals surface area (Å²) in [6, 6.07) is 16.0. The van der Waals surface area contributed by atoms with Crippen LogP contribution in [0.2, 0.25) is 0 Å². The van der Waals surface area contributed by atoms with Gasteiger partial charge < -0.3 is 15.7 Å². The molecule has 2 heterocycles. The summed E-state index contributed by atoms with van der Waals surface area (Å²) < 4.78 is 1.99. The second kappa shape index (κ2) is 9.81. The van der Waals surface area contributed by atoms with E-state index in [9.17, 15) is 9.90 Å². The van der Waals surface area contributed by atoms with Crippen molar-refractivity contribution in [3.63, 3.8) is 0 Å². The monoisotopic (exact) mass is 457 g/mol. The largest absolute Gasteiger partial charge is 0.393 e. The molecule has 1 aliphatic carbocycles. The number of hydrogen-bond acceptors (Lipinski definition) is 5. The van der Waals surface area contributed by atoms with Gasteiger partial charge in [0.05, 0.1) is 23.2 Å². The average Bonchev–Trinajstić information content (AvgIpc) is 3.36. The van der Waals surface area contributed by atoms with Gasteiger partial charge in [-0.3, -0.25) is 9.20 Å². The standard InChI is InChI=1S/C27H31N5O2/c1-2-6-22(18-7-4-3-5-8-18)31-27(34)19-9-14-23-24(17-19)32-16-15-28-26(32)25(30-23)29-20-10-12-21(33)13-11-20/h3-5,7-9,14-17,20-22,33H,2,6,10-13H2,1H3,(H,29,30)(H,31,34)/t20?,21?,22-/m1/s1. The molecule has 2 aromatic heterocycles. The minimum absolute atomic E-state index is 0.0265. The lowest BCUT2D eigenvalue weighted by Crippen LogP contribution is -2.29. The van der Waals surface area contributed by atoms with Crippen LogP contribution in [0.3, 0.4) is 0 Å². The smallest absolute Gasteiger partial charge is 0.251 e. The van der Waals surface area contributed by atoms with E-state index >= 15 is 0 Å². The van der Waals surface area contributed by atoms with Gasteiger partial charge in [0.2, 0.25) is 0 Å². The Morgan fingerprint density at radius 1 is 1.15 bits per heavy atom. The molecule has 0 saturated heterocycles. The first kappa shape index (κ1) is 22.3. The summed E-state index contributed by atoms with van der Waals surface area (Å²) >= 11 is 0. The van der Waals surface area contributed by atoms with Crippen molar-refractivity contribution in [3.8, 4) is 0 Å². The van der Waals surface area contributed by atoms with Gasteiger partial charge in [0.15, 0.2) is 11.5 Å². The van der Waals surface area contributed by atoms with E-state index in [-0.39, 0.29) is 24.1 Å². The maximum absolute atomic E-state index is 13.2. The number of amides is 1. The number of aliphatic hydroxyl groups is 1. The minimum atomic E-state index is -0.197. The molecule has 1 aliphatic rings. The van der Waals surface area contributed by atoms with Gasteiger partial charge >= 0.3 is 0 Å². The fourth-order valence-corrected chi connectivity index (χ4v) is 4.84. The Morgan fingerprint density at radius 3 is 2.71 bits per heavy atom. The van der Waals surface area contributed by atoms with Crippen LogP contribution in [0.4, 0.5) is 5.82 Å². The molecule has 3 N–H and O–H groups in total. The van der Waals surface area contributed by atoms with E-state index in [1.54, 1.807) is 6.20 Å². The predicted octanol–water partition coefficient (Wildman–Crippen LogP) is 4.87. The van der Waals surface area contributed by atoms with Crippen molar-refractivity contribution >= 4 is 28.4 Å². The summed E-state index contributed by atoms with van der Waals surface area (Å²) in [6.07, 6.45) is 8.74. The molecule has 176 valence electrons. The van der Waals surface area contributed by atoms with E-state index in [0.717, 1.165) is 66.6 Å². The molecule has 7 heteroatoms. The van der Waals surface area contributed by atoms with Crippen LogP contribution in [0.5, 0.6) is 0 Å². The number of anilines is 1. The van der Waals surface area contributed by atoms with Gasteiger partial charge in [0, 0.05) is 24.0 Å². The van der Waals surface area contributed by atoms with Gasteiger partial charge in [-0.25, -0.2) is 9.97 Å². The summed E-state index contributed by atoms with van der Waals surface area (Å²) in [6.45, 7) is 2.13. The quantitative estimate of drug-likeness (QED) is 0.368. The highest BCUT2D eigenvalue weighted by Gasteiger charge is 2.22. The Kier molecular flexibility index (Phi) is 6.45. The summed E-state index contributed by atoms with van der Waals surface area (Å²) in [5.74, 6) is 0.642. The van der Waals surface area contributed by atoms with Crippen LogP contribution < -0.4 is 10.6 Å². The van der Waals surface area contributed by atoms with Gasteiger partial charge in [-0.2, -0.15) is 0 Å². The van der Waals surface area contributed by atoms with E-state index in [2.05, 4.69) is 34.7 Å². The van der Waals surface area contributed by atoms with E-state index in [1.807, 2.05) is 47.0 Å². The average molecular weight is 458 g/mol. The van der Waals surface area contributed by atoms with Crippen LogP contribution in [0.25, 0.3) is 16.7 Å². The zero-order valence-electron chi connectivity index (χ0n) is 19.4. The molecule has 5 rings (SSSR count). The van der Waals surface area contributed by atoms with E-state index in [4.69, 9.17) is 4.98 Å². The number of nitrogens with one attached hydrogen (secondary N) is 2. The first-order valence-corrected chi connectivity index (χ1v) is 12.2. The lowest BCUT2D eigenvalue weighted by atomic mass is 9.93. The fourth-order valence-electron chi connectivity index (χ4n) is 4.84. The number of aliphatic hydroxyl groups excluding tert-OH is 1. The van der Waals surface area contributed by atoms with Crippen LogP contribution in [-0.2, 0) is 0 Å². The molecule has 0 radical (unpaired) electrons. The first-order valence-electron chi connectivity index (χ1n) is 12.2. The normalized spacial score (nSPS) is 19.2. The molecule has 7 nitrogen and oxygen atoms in total. The SMILES string of the molecule is CCC[C@@H](NC(=O)c1ccc2nc(NC3CCC(O)CC3)c3nccn3c2c1)c1ccccc1. The Labute approximate surface area is 199 Å². The molecule has 1 saturated carbocycles. The van der Waals surface area contributed by atoms with Gasteiger partial charge in [0.1, 0.15) is 0 Å². The summed E-state index contributed by atoms with van der Waals surface area (Å²) in [5, 5.41) is 16.5. The van der Waals surface area contributed by atoms with Crippen LogP contribution in [0.15, 0.2) is 60.9 Å². The van der Waals surface area contributed by atoms with E-state index in [0.29, 0.717) is 5.56 Å². The molecule has 0 bridgehead atoms. The van der Waals surface area contributed by atoms with Gasteiger partial charge in [-0.05, 0) is 55.9 Å². The maximum Gasteiger partial charge on any atom is 0.251 e. The van der Waals surface area contributed by atoms with Crippen LogP contribution >= 0.6 is 0 Å². The number of hydrogen-bond donors (Lipinski definition) is 3. The lowest BCUT2D eigenvalue weighted by molar-refractivity contribution is 0.0934. The van der Waals surface area contributed by atoms with E-state index in [1.165, 1.54) is 0 Å². The van der Waals surface area contributed by atoms with Crippen LogP contribution in [0.1, 0.15) is 67.4 Å². The Hall–Kier alpha value is -3.45. The third-order valence-electron chi connectivity index (χ3n) is 6.70. The zero-order chi connectivity index (χ0) is 23.5. The topological polar surface area (TPSA) is 91.5 Å². The second-order valence-electron chi connectivity index (χ2n) is 9.16. The van der Waals surface area contributed by atoms with Crippen molar-refractivity contribution in [2.24, 2.45) is 0 Å². The van der Waals surface area contributed by atoms with Crippen molar-refractivity contribution in [1.29, 1.82) is 0 Å². The number of rotatable bonds is 7. The number of carbonyl (C=O) groups is 1. The van der Waals surface area contributed by atoms with Crippen molar-refractivity contribution < 1.29 is 9.90 Å². The first-order chi connectivity index (χ1) is 16.6. The zero-order valence-corrected chi connectivity index (χ0v) is 19.4. The van der Waals surface area contributed by atoms with Crippen molar-refractivity contribution in [3.05, 3.63) is 72.1 Å². The highest BCUT2D eigenvalue weighted by atomic mass is 16.3. The number of imidazole rings is 1. The lowest BCUT2D eigenvalue weighted by Gasteiger charge is -2.26. The van der Waals surface area contributed by atoms with Crippen LogP contribution in [-0.4, -0.2) is 37.5 Å². The van der Waals surface area contributed by atoms with Crippen molar-refractivity contribution in [1.82, 2.24) is 19.7 Å². The number of nitrogens with zero attached hydrogens (tertiary/aromatic N) is 3. The van der Waals surface area contributed by atoms with Crippen molar-refractivity contribution in [2.75, 3.05) is 5.32 Å². The molecular weight excluding hydrogens is 426 g/mol. The molecule has 4 aromatic rings. The molecule has 0 unspecified atom stereocenters. The molecule has 1 atom stereocenters. The molecule has 2 aromatic carbocycles. The Balaban J connectivity index is 1.42. The summed E-state index contributed by atoms with van der Waals surface area (Å²) in [7, 11) is 0. The molecule has 1 fully saturated rings. The minimum Gasteiger partial charge on any atom is -0.393 e. The van der Waals surface area contributed by atoms with Crippen LogP contribution in [0, 0.1) is 0 Å². The highest BCUT2D eigenvalue weighted by molar-refractivity contribution is 5.98. The number of fused-ring (bicyclic) bond motifs is 3. The predicted molar refractivity (Wildman–Crippen MR) is 134 cm³/mol. The summed E-state index contributed by atoms with van der Waals surface area (Å²) in [5.41, 5.74) is 4.10. The Bertz CT molecular complexity index is 1280. The fraction of sp³-hybridized carbons (Fsp3) is 0.370. The van der Waals surface area contributed by atoms with Gasteiger partial charge in [0.25, 0.3) is 5.91 Å². The number of aromatic nitrogens is 3. The second-order valence-corrected chi connectivity index (χ2v) is 9.16. The number of benzene rings is 2. The third-order valence-corrected chi connectivity index (χ3v) is 6.70. The maximum atomic E-state index is 13.2. The van der Waals surface area contributed by atoms with E-state index < -0.39 is 0 Å². The molecular formula is C27H31N5O2. The molecule has 34 heavy (non-hydrogen) atoms. The van der Waals surface area contributed by atoms with Crippen molar-refractivity contribution in [2.45, 2.75) is 63.6 Å². The Morgan fingerprint density at radius 2 is 1.94 bits per heavy atom.